The van der Waals surface area contributed by atoms with Gasteiger partial charge in [-0.3, -0.25) is 0 Å². The summed E-state index contributed by atoms with van der Waals surface area (Å²) in [6, 6.07) is 5.32. The number of hydroxylamine groups is 1. The molecule has 0 spiro atoms. The van der Waals surface area contributed by atoms with Crippen molar-refractivity contribution in [3.8, 4) is 11.5 Å². The highest BCUT2D eigenvalue weighted by Gasteiger charge is 2.04. The van der Waals surface area contributed by atoms with Crippen LogP contribution in [-0.4, -0.2) is 45.9 Å². The van der Waals surface area contributed by atoms with Crippen LogP contribution in [-0.2, 0) is 0 Å². The summed E-state index contributed by atoms with van der Waals surface area (Å²) in [5.41, 5.74) is 2.74. The maximum absolute atomic E-state index is 6.10. The number of benzene rings is 1. The molecule has 0 amide bonds. The van der Waals surface area contributed by atoms with Crippen LogP contribution in [0.2, 0.25) is 5.02 Å². The molecule has 0 radical (unpaired) electrons. The van der Waals surface area contributed by atoms with E-state index in [4.69, 9.17) is 21.2 Å². The first-order chi connectivity index (χ1) is 8.63. The molecule has 0 heterocycles. The third-order valence-electron chi connectivity index (χ3n) is 2.14. The Balaban J connectivity index is 2.46. The summed E-state index contributed by atoms with van der Waals surface area (Å²) in [4.78, 5) is 7.31. The first kappa shape index (κ1) is 15.0. The van der Waals surface area contributed by atoms with E-state index in [2.05, 4.69) is 10.8 Å². The average Bonchev–Trinajstić information content (AvgIpc) is 2.32. The van der Waals surface area contributed by atoms with E-state index in [1.165, 1.54) is 0 Å². The molecule has 1 aromatic carbocycles. The fourth-order valence-electron chi connectivity index (χ4n) is 1.19. The van der Waals surface area contributed by atoms with Crippen LogP contribution in [0.15, 0.2) is 18.2 Å². The molecule has 0 fully saturated rings. The predicted molar refractivity (Wildman–Crippen MR) is 73.2 cm³/mol. The van der Waals surface area contributed by atoms with Gasteiger partial charge >= 0.3 is 0 Å². The van der Waals surface area contributed by atoms with Gasteiger partial charge in [0.05, 0.1) is 11.7 Å². The normalized spacial score (nSPS) is 10.7. The summed E-state index contributed by atoms with van der Waals surface area (Å²) in [6.45, 7) is 2.00. The Morgan fingerprint density at radius 3 is 2.72 bits per heavy atom. The highest BCUT2D eigenvalue weighted by atomic mass is 35.5. The maximum Gasteiger partial charge on any atom is 0.148 e. The van der Waals surface area contributed by atoms with Gasteiger partial charge < -0.3 is 19.8 Å². The van der Waals surface area contributed by atoms with Gasteiger partial charge in [0.25, 0.3) is 0 Å². The lowest BCUT2D eigenvalue weighted by Crippen LogP contribution is -2.28. The average molecular weight is 274 g/mol. The second-order valence-electron chi connectivity index (χ2n) is 4.02. The van der Waals surface area contributed by atoms with Crippen molar-refractivity contribution in [2.24, 2.45) is 0 Å². The Bertz CT molecular complexity index is 361. The van der Waals surface area contributed by atoms with Crippen LogP contribution in [0.4, 0.5) is 0 Å². The van der Waals surface area contributed by atoms with Gasteiger partial charge in [-0.15, -0.1) is 5.48 Å². The SMILES string of the molecule is CNCNOc1ccc(OCCN(C)C)c(Cl)c1. The van der Waals surface area contributed by atoms with Gasteiger partial charge in [-0.1, -0.05) is 11.6 Å². The molecule has 5 nitrogen and oxygen atoms in total. The third kappa shape index (κ3) is 5.55. The van der Waals surface area contributed by atoms with Crippen LogP contribution in [0, 0.1) is 0 Å². The van der Waals surface area contributed by atoms with Gasteiger partial charge in [0.1, 0.15) is 18.1 Å². The quantitative estimate of drug-likeness (QED) is 0.425. The first-order valence-corrected chi connectivity index (χ1v) is 6.12. The van der Waals surface area contributed by atoms with Crippen molar-refractivity contribution in [3.63, 3.8) is 0 Å². The molecular weight excluding hydrogens is 254 g/mol. The van der Waals surface area contributed by atoms with E-state index in [9.17, 15) is 0 Å². The highest BCUT2D eigenvalue weighted by molar-refractivity contribution is 6.32. The molecule has 0 aliphatic rings. The largest absolute Gasteiger partial charge is 0.491 e. The van der Waals surface area contributed by atoms with Gasteiger partial charge in [0, 0.05) is 12.6 Å². The lowest BCUT2D eigenvalue weighted by Gasteiger charge is -2.13. The molecule has 0 saturated carbocycles. The summed E-state index contributed by atoms with van der Waals surface area (Å²) in [6.07, 6.45) is 0. The molecule has 1 aromatic rings. The van der Waals surface area contributed by atoms with Crippen LogP contribution < -0.4 is 20.4 Å². The van der Waals surface area contributed by atoms with Gasteiger partial charge in [-0.2, -0.15) is 0 Å². The summed E-state index contributed by atoms with van der Waals surface area (Å²) < 4.78 is 5.57. The van der Waals surface area contributed by atoms with E-state index in [0.29, 0.717) is 29.8 Å². The molecule has 1 rings (SSSR count). The smallest absolute Gasteiger partial charge is 0.148 e. The number of nitrogens with zero attached hydrogens (tertiary/aromatic N) is 1. The Morgan fingerprint density at radius 2 is 2.11 bits per heavy atom. The number of ether oxygens (including phenoxy) is 1. The van der Waals surface area contributed by atoms with Crippen LogP contribution in [0.25, 0.3) is 0 Å². The molecule has 0 aliphatic carbocycles. The van der Waals surface area contributed by atoms with Crippen molar-refractivity contribution in [1.82, 2.24) is 15.7 Å². The molecule has 0 aromatic heterocycles. The lowest BCUT2D eigenvalue weighted by molar-refractivity contribution is 0.189. The van der Waals surface area contributed by atoms with Crippen LogP contribution in [0.1, 0.15) is 0 Å². The standard InChI is InChI=1S/C12H20ClN3O2/c1-14-9-15-18-10-4-5-12(11(13)8-10)17-7-6-16(2)3/h4-5,8,14-15H,6-7,9H2,1-3H3. The zero-order valence-corrected chi connectivity index (χ0v) is 11.8. The zero-order valence-electron chi connectivity index (χ0n) is 11.0. The van der Waals surface area contributed by atoms with Crippen LogP contribution in [0.5, 0.6) is 11.5 Å². The minimum Gasteiger partial charge on any atom is -0.491 e. The fourth-order valence-corrected chi connectivity index (χ4v) is 1.42. The minimum absolute atomic E-state index is 0.539. The molecule has 2 N–H and O–H groups in total. The van der Waals surface area contributed by atoms with E-state index in [0.717, 1.165) is 6.54 Å². The third-order valence-corrected chi connectivity index (χ3v) is 2.43. The minimum atomic E-state index is 0.539. The van der Waals surface area contributed by atoms with Crippen molar-refractivity contribution < 1.29 is 9.57 Å². The number of likely N-dealkylation sites (N-methyl/N-ethyl adjacent to an activating group) is 1. The van der Waals surface area contributed by atoms with Crippen molar-refractivity contribution in [1.29, 1.82) is 0 Å². The molecule has 102 valence electrons. The first-order valence-electron chi connectivity index (χ1n) is 5.75. The molecular formula is C12H20ClN3O2. The van der Waals surface area contributed by atoms with E-state index in [-0.39, 0.29) is 0 Å². The Kier molecular flexibility index (Phi) is 6.82. The van der Waals surface area contributed by atoms with Gasteiger partial charge in [-0.05, 0) is 33.3 Å². The predicted octanol–water partition coefficient (Wildman–Crippen LogP) is 1.34. The molecule has 0 unspecified atom stereocenters. The second-order valence-corrected chi connectivity index (χ2v) is 4.43. The number of hydrogen-bond acceptors (Lipinski definition) is 5. The van der Waals surface area contributed by atoms with Crippen LogP contribution >= 0.6 is 11.6 Å². The maximum atomic E-state index is 6.10. The van der Waals surface area contributed by atoms with Crippen molar-refractivity contribution in [2.75, 3.05) is 41.0 Å². The summed E-state index contributed by atoms with van der Waals surface area (Å²) in [5, 5.41) is 3.44. The fraction of sp³-hybridized carbons (Fsp3) is 0.500. The van der Waals surface area contributed by atoms with E-state index in [1.807, 2.05) is 26.0 Å². The summed E-state index contributed by atoms with van der Waals surface area (Å²) >= 11 is 6.10. The summed E-state index contributed by atoms with van der Waals surface area (Å²) in [7, 11) is 5.82. The van der Waals surface area contributed by atoms with Crippen molar-refractivity contribution >= 4 is 11.6 Å². The lowest BCUT2D eigenvalue weighted by atomic mass is 10.3. The van der Waals surface area contributed by atoms with E-state index >= 15 is 0 Å². The van der Waals surface area contributed by atoms with E-state index in [1.54, 1.807) is 18.2 Å². The Hall–Kier alpha value is -1.01. The summed E-state index contributed by atoms with van der Waals surface area (Å²) in [5.74, 6) is 1.31. The number of hydrogen-bond donors (Lipinski definition) is 2. The Labute approximate surface area is 113 Å². The zero-order chi connectivity index (χ0) is 13.4. The van der Waals surface area contributed by atoms with Gasteiger partial charge in [0.15, 0.2) is 0 Å². The molecule has 6 heteroatoms. The topological polar surface area (TPSA) is 45.8 Å². The molecule has 0 bridgehead atoms. The van der Waals surface area contributed by atoms with Gasteiger partial charge in [-0.25, -0.2) is 0 Å². The van der Waals surface area contributed by atoms with E-state index < -0.39 is 0 Å². The second kappa shape index (κ2) is 8.16. The van der Waals surface area contributed by atoms with Crippen LogP contribution in [0.3, 0.4) is 0 Å². The number of rotatable bonds is 8. The monoisotopic (exact) mass is 273 g/mol. The molecule has 0 aliphatic heterocycles. The van der Waals surface area contributed by atoms with Crippen molar-refractivity contribution in [3.05, 3.63) is 23.2 Å². The molecule has 18 heavy (non-hydrogen) atoms. The molecule has 0 saturated heterocycles. The number of halogens is 1. The highest BCUT2D eigenvalue weighted by Crippen LogP contribution is 2.28. The molecule has 0 atom stereocenters. The Morgan fingerprint density at radius 1 is 1.33 bits per heavy atom. The number of nitrogens with one attached hydrogen (secondary N) is 2. The van der Waals surface area contributed by atoms with Crippen molar-refractivity contribution in [2.45, 2.75) is 0 Å². The van der Waals surface area contributed by atoms with Gasteiger partial charge in [0.2, 0.25) is 0 Å².